The highest BCUT2D eigenvalue weighted by molar-refractivity contribution is 6.30. The summed E-state index contributed by atoms with van der Waals surface area (Å²) in [6.07, 6.45) is 0.491. The predicted molar refractivity (Wildman–Crippen MR) is 102 cm³/mol. The van der Waals surface area contributed by atoms with Crippen LogP contribution >= 0.6 is 11.6 Å². The highest BCUT2D eigenvalue weighted by atomic mass is 35.5. The average molecular weight is 363 g/mol. The van der Waals surface area contributed by atoms with Gasteiger partial charge in [0.15, 0.2) is 5.78 Å². The molecule has 0 unspecified atom stereocenters. The number of fused-ring (bicyclic) bond motifs is 1. The second-order valence-electron chi connectivity index (χ2n) is 6.08. The molecule has 0 spiro atoms. The van der Waals surface area contributed by atoms with Gasteiger partial charge in [-0.1, -0.05) is 41.9 Å². The van der Waals surface area contributed by atoms with E-state index in [2.05, 4.69) is 0 Å². The van der Waals surface area contributed by atoms with Crippen molar-refractivity contribution in [3.8, 4) is 5.75 Å². The summed E-state index contributed by atoms with van der Waals surface area (Å²) in [7, 11) is 0. The van der Waals surface area contributed by atoms with Gasteiger partial charge in [0.1, 0.15) is 17.1 Å². The van der Waals surface area contributed by atoms with Gasteiger partial charge in [0, 0.05) is 22.4 Å². The van der Waals surface area contributed by atoms with Crippen molar-refractivity contribution >= 4 is 28.4 Å². The lowest BCUT2D eigenvalue weighted by Gasteiger charge is -2.04. The first-order chi connectivity index (χ1) is 12.6. The topological polar surface area (TPSA) is 50.4 Å². The number of carbonyl (C=O) groups excluding carboxylic acids is 1. The number of hydrogen-bond acceptors (Lipinski definition) is 3. The van der Waals surface area contributed by atoms with Crippen molar-refractivity contribution in [2.45, 2.75) is 6.42 Å². The molecule has 1 N–H and O–H groups in total. The number of rotatable bonds is 4. The summed E-state index contributed by atoms with van der Waals surface area (Å²) in [4.78, 5) is 13.1. The van der Waals surface area contributed by atoms with E-state index in [-0.39, 0.29) is 11.5 Å². The van der Waals surface area contributed by atoms with Gasteiger partial charge in [0.05, 0.1) is 5.56 Å². The molecule has 0 fully saturated rings. The molecule has 3 aromatic carbocycles. The maximum Gasteiger partial charge on any atom is 0.197 e. The minimum atomic E-state index is -0.126. The van der Waals surface area contributed by atoms with Crippen LogP contribution < -0.4 is 0 Å². The fraction of sp³-hybridized carbons (Fsp3) is 0.0455. The molecule has 4 aromatic rings. The highest BCUT2D eigenvalue weighted by Crippen LogP contribution is 2.30. The standard InChI is InChI=1S/C22H15ClO3/c23-16-9-5-14(6-10-16)13-20-21(18-3-1-2-4-19(18)26-20)22(25)15-7-11-17(24)12-8-15/h1-12,24H,13H2. The molecule has 0 atom stereocenters. The molecule has 0 saturated carbocycles. The van der Waals surface area contributed by atoms with Gasteiger partial charge < -0.3 is 9.52 Å². The van der Waals surface area contributed by atoms with Gasteiger partial charge in [-0.2, -0.15) is 0 Å². The molecule has 0 aliphatic carbocycles. The summed E-state index contributed by atoms with van der Waals surface area (Å²) in [6.45, 7) is 0. The van der Waals surface area contributed by atoms with E-state index in [0.717, 1.165) is 10.9 Å². The maximum absolute atomic E-state index is 13.1. The Balaban J connectivity index is 1.82. The Labute approximate surface area is 155 Å². The largest absolute Gasteiger partial charge is 0.508 e. The Hall–Kier alpha value is -3.04. The van der Waals surface area contributed by atoms with Crippen LogP contribution in [-0.4, -0.2) is 10.9 Å². The van der Waals surface area contributed by atoms with E-state index in [1.807, 2.05) is 48.5 Å². The highest BCUT2D eigenvalue weighted by Gasteiger charge is 2.22. The number of aromatic hydroxyl groups is 1. The van der Waals surface area contributed by atoms with Crippen LogP contribution in [0.5, 0.6) is 5.75 Å². The van der Waals surface area contributed by atoms with Gasteiger partial charge in [0.25, 0.3) is 0 Å². The van der Waals surface area contributed by atoms with Gasteiger partial charge >= 0.3 is 0 Å². The lowest BCUT2D eigenvalue weighted by Crippen LogP contribution is -2.04. The van der Waals surface area contributed by atoms with E-state index in [4.69, 9.17) is 16.0 Å². The third kappa shape index (κ3) is 3.09. The van der Waals surface area contributed by atoms with E-state index in [9.17, 15) is 9.90 Å². The number of phenols is 1. The smallest absolute Gasteiger partial charge is 0.197 e. The molecule has 1 heterocycles. The zero-order valence-electron chi connectivity index (χ0n) is 13.8. The molecule has 4 rings (SSSR count). The van der Waals surface area contributed by atoms with Gasteiger partial charge in [0.2, 0.25) is 0 Å². The third-order valence-corrected chi connectivity index (χ3v) is 4.55. The normalized spacial score (nSPS) is 11.0. The summed E-state index contributed by atoms with van der Waals surface area (Å²) < 4.78 is 6.00. The quantitative estimate of drug-likeness (QED) is 0.480. The molecule has 0 aliphatic rings. The zero-order valence-corrected chi connectivity index (χ0v) is 14.5. The van der Waals surface area contributed by atoms with Gasteiger partial charge in [-0.05, 0) is 48.0 Å². The van der Waals surface area contributed by atoms with Crippen LogP contribution in [0.2, 0.25) is 5.02 Å². The number of halogens is 1. The summed E-state index contributed by atoms with van der Waals surface area (Å²) in [5.41, 5.74) is 2.75. The maximum atomic E-state index is 13.1. The lowest BCUT2D eigenvalue weighted by molar-refractivity contribution is 0.103. The molecule has 0 bridgehead atoms. The Bertz CT molecular complexity index is 1080. The number of hydrogen-bond donors (Lipinski definition) is 1. The van der Waals surface area contributed by atoms with Crippen LogP contribution in [0.15, 0.2) is 77.2 Å². The monoisotopic (exact) mass is 362 g/mol. The van der Waals surface area contributed by atoms with Crippen molar-refractivity contribution in [3.63, 3.8) is 0 Å². The second-order valence-corrected chi connectivity index (χ2v) is 6.51. The molecule has 1 aromatic heterocycles. The second kappa shape index (κ2) is 6.70. The molecule has 0 radical (unpaired) electrons. The van der Waals surface area contributed by atoms with E-state index in [0.29, 0.717) is 33.9 Å². The first-order valence-electron chi connectivity index (χ1n) is 8.20. The van der Waals surface area contributed by atoms with Crippen molar-refractivity contribution < 1.29 is 14.3 Å². The molecule has 26 heavy (non-hydrogen) atoms. The van der Waals surface area contributed by atoms with E-state index in [1.165, 1.54) is 12.1 Å². The molecular weight excluding hydrogens is 348 g/mol. The summed E-state index contributed by atoms with van der Waals surface area (Å²) >= 11 is 5.96. The Morgan fingerprint density at radius 2 is 1.62 bits per heavy atom. The lowest BCUT2D eigenvalue weighted by atomic mass is 9.97. The van der Waals surface area contributed by atoms with Crippen molar-refractivity contribution in [1.29, 1.82) is 0 Å². The molecule has 0 saturated heterocycles. The first kappa shape index (κ1) is 16.4. The van der Waals surface area contributed by atoms with Crippen LogP contribution in [0.3, 0.4) is 0 Å². The average Bonchev–Trinajstić information content (AvgIpc) is 3.01. The molecule has 0 amide bonds. The minimum Gasteiger partial charge on any atom is -0.508 e. The van der Waals surface area contributed by atoms with Gasteiger partial charge in [-0.3, -0.25) is 4.79 Å². The Kier molecular flexibility index (Phi) is 4.23. The summed E-state index contributed by atoms with van der Waals surface area (Å²) in [6, 6.07) is 21.2. The molecule has 3 nitrogen and oxygen atoms in total. The van der Waals surface area contributed by atoms with Crippen LogP contribution in [0.4, 0.5) is 0 Å². The minimum absolute atomic E-state index is 0.125. The predicted octanol–water partition coefficient (Wildman–Crippen LogP) is 5.61. The number of phenolic OH excluding ortho intramolecular Hbond substituents is 1. The number of furan rings is 1. The SMILES string of the molecule is O=C(c1ccc(O)cc1)c1c(Cc2ccc(Cl)cc2)oc2ccccc12. The van der Waals surface area contributed by atoms with Crippen molar-refractivity contribution in [2.75, 3.05) is 0 Å². The zero-order chi connectivity index (χ0) is 18.1. The summed E-state index contributed by atoms with van der Waals surface area (Å²) in [5, 5.41) is 10.9. The van der Waals surface area contributed by atoms with Crippen molar-refractivity contribution in [2.24, 2.45) is 0 Å². The molecule has 0 aliphatic heterocycles. The number of para-hydroxylation sites is 1. The molecule has 128 valence electrons. The van der Waals surface area contributed by atoms with Crippen molar-refractivity contribution in [1.82, 2.24) is 0 Å². The number of ketones is 1. The fourth-order valence-electron chi connectivity index (χ4n) is 3.01. The summed E-state index contributed by atoms with van der Waals surface area (Å²) in [5.74, 6) is 0.616. The first-order valence-corrected chi connectivity index (χ1v) is 8.58. The van der Waals surface area contributed by atoms with Crippen LogP contribution in [-0.2, 0) is 6.42 Å². The number of carbonyl (C=O) groups is 1. The van der Waals surface area contributed by atoms with E-state index in [1.54, 1.807) is 12.1 Å². The molecule has 4 heteroatoms. The number of benzene rings is 3. The Morgan fingerprint density at radius 1 is 0.923 bits per heavy atom. The van der Waals surface area contributed by atoms with E-state index < -0.39 is 0 Å². The van der Waals surface area contributed by atoms with Gasteiger partial charge in [-0.15, -0.1) is 0 Å². The third-order valence-electron chi connectivity index (χ3n) is 4.30. The van der Waals surface area contributed by atoms with E-state index >= 15 is 0 Å². The van der Waals surface area contributed by atoms with Crippen LogP contribution in [0.1, 0.15) is 27.2 Å². The molecular formula is C22H15ClO3. The van der Waals surface area contributed by atoms with Crippen molar-refractivity contribution in [3.05, 3.63) is 100 Å². The van der Waals surface area contributed by atoms with Crippen LogP contribution in [0.25, 0.3) is 11.0 Å². The van der Waals surface area contributed by atoms with Crippen LogP contribution in [0, 0.1) is 0 Å². The van der Waals surface area contributed by atoms with Gasteiger partial charge in [-0.25, -0.2) is 0 Å². The fourth-order valence-corrected chi connectivity index (χ4v) is 3.14. The Morgan fingerprint density at radius 3 is 2.35 bits per heavy atom.